The molecule has 0 saturated carbocycles. The first kappa shape index (κ1) is 14.9. The molecule has 0 aliphatic carbocycles. The number of carbonyl (C=O) groups is 2. The predicted molar refractivity (Wildman–Crippen MR) is 88.2 cm³/mol. The summed E-state index contributed by atoms with van der Waals surface area (Å²) in [5.74, 6) is 1.58. The van der Waals surface area contributed by atoms with Crippen LogP contribution in [0.2, 0.25) is 0 Å². The minimum atomic E-state index is -0.352. The van der Waals surface area contributed by atoms with Crippen LogP contribution in [-0.4, -0.2) is 40.0 Å². The van der Waals surface area contributed by atoms with Gasteiger partial charge in [0.2, 0.25) is 11.8 Å². The van der Waals surface area contributed by atoms with Crippen LogP contribution in [0.4, 0.5) is 0 Å². The van der Waals surface area contributed by atoms with E-state index in [4.69, 9.17) is 4.74 Å². The zero-order chi connectivity index (χ0) is 16.0. The van der Waals surface area contributed by atoms with Crippen LogP contribution < -0.4 is 10.1 Å². The number of hydrogen-bond donors (Lipinski definition) is 1. The zero-order valence-corrected chi connectivity index (χ0v) is 13.9. The summed E-state index contributed by atoms with van der Waals surface area (Å²) in [6.45, 7) is 2.67. The number of benzene rings is 1. The van der Waals surface area contributed by atoms with E-state index in [0.717, 1.165) is 24.2 Å². The van der Waals surface area contributed by atoms with Crippen molar-refractivity contribution in [3.05, 3.63) is 29.8 Å². The Labute approximate surface area is 139 Å². The SMILES string of the molecule is C[C@]12CCC(=O)N1[C@H](C(=O)N[C@@H]1CCOc3ccccc31)CS2. The number of amides is 2. The Kier molecular flexibility index (Phi) is 3.52. The average Bonchev–Trinajstić information content (AvgIpc) is 3.04. The summed E-state index contributed by atoms with van der Waals surface area (Å²) in [5, 5.41) is 3.14. The van der Waals surface area contributed by atoms with Crippen LogP contribution in [-0.2, 0) is 9.59 Å². The van der Waals surface area contributed by atoms with Crippen LogP contribution in [0.25, 0.3) is 0 Å². The number of para-hydroxylation sites is 1. The van der Waals surface area contributed by atoms with E-state index in [1.54, 1.807) is 16.7 Å². The van der Waals surface area contributed by atoms with Gasteiger partial charge in [-0.3, -0.25) is 9.59 Å². The second-order valence-corrected chi connectivity index (χ2v) is 8.00. The molecule has 122 valence electrons. The third kappa shape index (κ3) is 2.40. The predicted octanol–water partition coefficient (Wildman–Crippen LogP) is 2.08. The van der Waals surface area contributed by atoms with Crippen molar-refractivity contribution in [2.45, 2.75) is 43.1 Å². The molecule has 0 aromatic heterocycles. The molecule has 1 N–H and O–H groups in total. The molecule has 0 bridgehead atoms. The maximum absolute atomic E-state index is 12.8. The maximum Gasteiger partial charge on any atom is 0.244 e. The van der Waals surface area contributed by atoms with Gasteiger partial charge in [0.05, 0.1) is 17.5 Å². The second-order valence-electron chi connectivity index (χ2n) is 6.50. The molecule has 5 nitrogen and oxygen atoms in total. The molecular formula is C17H20N2O3S. The maximum atomic E-state index is 12.8. The fourth-order valence-corrected chi connectivity index (χ4v) is 5.21. The third-order valence-electron chi connectivity index (χ3n) is 5.02. The molecule has 6 heteroatoms. The fraction of sp³-hybridized carbons (Fsp3) is 0.529. The second kappa shape index (κ2) is 5.44. The van der Waals surface area contributed by atoms with Crippen molar-refractivity contribution in [1.82, 2.24) is 10.2 Å². The molecule has 0 radical (unpaired) electrons. The van der Waals surface area contributed by atoms with Crippen molar-refractivity contribution in [3.8, 4) is 5.75 Å². The van der Waals surface area contributed by atoms with Crippen molar-refractivity contribution in [3.63, 3.8) is 0 Å². The highest BCUT2D eigenvalue weighted by Gasteiger charge is 2.53. The molecule has 1 aromatic rings. The van der Waals surface area contributed by atoms with Gasteiger partial charge in [0.1, 0.15) is 11.8 Å². The summed E-state index contributed by atoms with van der Waals surface area (Å²) < 4.78 is 5.64. The third-order valence-corrected chi connectivity index (χ3v) is 6.53. The van der Waals surface area contributed by atoms with E-state index in [9.17, 15) is 9.59 Å². The fourth-order valence-electron chi connectivity index (χ4n) is 3.77. The number of nitrogens with one attached hydrogen (secondary N) is 1. The highest BCUT2D eigenvalue weighted by Crippen LogP contribution is 2.47. The van der Waals surface area contributed by atoms with Crippen LogP contribution in [0.1, 0.15) is 37.8 Å². The van der Waals surface area contributed by atoms with Gasteiger partial charge in [0.15, 0.2) is 0 Å². The van der Waals surface area contributed by atoms with Crippen molar-refractivity contribution < 1.29 is 14.3 Å². The van der Waals surface area contributed by atoms with Crippen LogP contribution in [0, 0.1) is 0 Å². The summed E-state index contributed by atoms with van der Waals surface area (Å²) in [6.07, 6.45) is 2.14. The summed E-state index contributed by atoms with van der Waals surface area (Å²) in [5.41, 5.74) is 1.02. The van der Waals surface area contributed by atoms with Crippen molar-refractivity contribution in [2.24, 2.45) is 0 Å². The highest BCUT2D eigenvalue weighted by molar-refractivity contribution is 8.01. The smallest absolute Gasteiger partial charge is 0.244 e. The van der Waals surface area contributed by atoms with E-state index in [1.165, 1.54) is 0 Å². The number of rotatable bonds is 2. The number of fused-ring (bicyclic) bond motifs is 2. The molecule has 3 atom stereocenters. The number of carbonyl (C=O) groups excluding carboxylic acids is 2. The molecule has 3 aliphatic heterocycles. The van der Waals surface area contributed by atoms with Gasteiger partial charge >= 0.3 is 0 Å². The van der Waals surface area contributed by atoms with Gasteiger partial charge in [-0.25, -0.2) is 0 Å². The molecule has 2 saturated heterocycles. The number of hydrogen-bond acceptors (Lipinski definition) is 4. The summed E-state index contributed by atoms with van der Waals surface area (Å²) in [4.78, 5) is 26.6. The normalized spacial score (nSPS) is 32.2. The lowest BCUT2D eigenvalue weighted by Crippen LogP contribution is -2.51. The summed E-state index contributed by atoms with van der Waals surface area (Å²) in [7, 11) is 0. The van der Waals surface area contributed by atoms with Gasteiger partial charge < -0.3 is 15.0 Å². The lowest BCUT2D eigenvalue weighted by Gasteiger charge is -2.32. The van der Waals surface area contributed by atoms with E-state index in [2.05, 4.69) is 12.2 Å². The quantitative estimate of drug-likeness (QED) is 0.901. The average molecular weight is 332 g/mol. The Morgan fingerprint density at radius 1 is 1.43 bits per heavy atom. The molecular weight excluding hydrogens is 312 g/mol. The lowest BCUT2D eigenvalue weighted by molar-refractivity contribution is -0.138. The van der Waals surface area contributed by atoms with E-state index in [0.29, 0.717) is 18.8 Å². The first-order valence-corrected chi connectivity index (χ1v) is 9.05. The Morgan fingerprint density at radius 3 is 3.13 bits per heavy atom. The molecule has 1 aromatic carbocycles. The number of thioether (sulfide) groups is 1. The van der Waals surface area contributed by atoms with Crippen molar-refractivity contribution in [1.29, 1.82) is 0 Å². The van der Waals surface area contributed by atoms with Gasteiger partial charge in [-0.1, -0.05) is 18.2 Å². The molecule has 3 heterocycles. The first-order chi connectivity index (χ1) is 11.1. The zero-order valence-electron chi connectivity index (χ0n) is 13.1. The lowest BCUT2D eigenvalue weighted by atomic mass is 10.00. The van der Waals surface area contributed by atoms with Crippen LogP contribution in [0.5, 0.6) is 5.75 Å². The number of nitrogens with zero attached hydrogens (tertiary/aromatic N) is 1. The monoisotopic (exact) mass is 332 g/mol. The standard InChI is InChI=1S/C17H20N2O3S/c1-17-8-6-15(20)19(17)13(10-23-17)16(21)18-12-7-9-22-14-5-3-2-4-11(12)14/h2-5,12-13H,6-10H2,1H3,(H,18,21)/t12-,13+,17+/m1/s1. The van der Waals surface area contributed by atoms with Gasteiger partial charge in [0, 0.05) is 24.2 Å². The van der Waals surface area contributed by atoms with Gasteiger partial charge in [0.25, 0.3) is 0 Å². The highest BCUT2D eigenvalue weighted by atomic mass is 32.2. The molecule has 23 heavy (non-hydrogen) atoms. The molecule has 2 fully saturated rings. The molecule has 0 unspecified atom stereocenters. The molecule has 0 spiro atoms. The van der Waals surface area contributed by atoms with Gasteiger partial charge in [-0.15, -0.1) is 11.8 Å². The molecule has 2 amide bonds. The molecule has 3 aliphatic rings. The van der Waals surface area contributed by atoms with Crippen LogP contribution >= 0.6 is 11.8 Å². The van der Waals surface area contributed by atoms with Crippen LogP contribution in [0.15, 0.2) is 24.3 Å². The number of ether oxygens (including phenoxy) is 1. The summed E-state index contributed by atoms with van der Waals surface area (Å²) >= 11 is 1.72. The van der Waals surface area contributed by atoms with Gasteiger partial charge in [-0.2, -0.15) is 0 Å². The first-order valence-electron chi connectivity index (χ1n) is 8.07. The van der Waals surface area contributed by atoms with E-state index in [1.807, 2.05) is 24.3 Å². The minimum Gasteiger partial charge on any atom is -0.493 e. The van der Waals surface area contributed by atoms with E-state index in [-0.39, 0.29) is 28.8 Å². The molecule has 4 rings (SSSR count). The van der Waals surface area contributed by atoms with E-state index < -0.39 is 0 Å². The van der Waals surface area contributed by atoms with Crippen molar-refractivity contribution in [2.75, 3.05) is 12.4 Å². The van der Waals surface area contributed by atoms with Crippen LogP contribution in [0.3, 0.4) is 0 Å². The Bertz CT molecular complexity index is 665. The Morgan fingerprint density at radius 2 is 2.26 bits per heavy atom. The Balaban J connectivity index is 1.52. The largest absolute Gasteiger partial charge is 0.493 e. The minimum absolute atomic E-state index is 0.0398. The van der Waals surface area contributed by atoms with Crippen molar-refractivity contribution >= 4 is 23.6 Å². The van der Waals surface area contributed by atoms with E-state index >= 15 is 0 Å². The summed E-state index contributed by atoms with van der Waals surface area (Å²) in [6, 6.07) is 7.43. The topological polar surface area (TPSA) is 58.6 Å². The van der Waals surface area contributed by atoms with Gasteiger partial charge in [-0.05, 0) is 19.4 Å². The Hall–Kier alpha value is -1.69.